The highest BCUT2D eigenvalue weighted by molar-refractivity contribution is 9.10. The summed E-state index contributed by atoms with van der Waals surface area (Å²) in [6.45, 7) is 1.57. The van der Waals surface area contributed by atoms with Crippen molar-refractivity contribution in [3.63, 3.8) is 0 Å². The van der Waals surface area contributed by atoms with Crippen LogP contribution in [0.3, 0.4) is 0 Å². The third-order valence-corrected chi connectivity index (χ3v) is 6.64. The van der Waals surface area contributed by atoms with Gasteiger partial charge in [-0.25, -0.2) is 4.79 Å². The lowest BCUT2D eigenvalue weighted by Gasteiger charge is -2.06. The third-order valence-electron chi connectivity index (χ3n) is 3.97. The molecule has 0 spiro atoms. The molecule has 13 heteroatoms. The van der Waals surface area contributed by atoms with Gasteiger partial charge in [0.2, 0.25) is 5.91 Å². The van der Waals surface area contributed by atoms with Gasteiger partial charge in [-0.2, -0.15) is 0 Å². The number of anilines is 1. The first kappa shape index (κ1) is 22.1. The molecule has 0 saturated heterocycles. The minimum absolute atomic E-state index is 0.00269. The lowest BCUT2D eigenvalue weighted by molar-refractivity contribution is -0.113. The maximum atomic E-state index is 12.5. The molecule has 0 saturated carbocycles. The van der Waals surface area contributed by atoms with Gasteiger partial charge in [0.25, 0.3) is 5.91 Å². The predicted octanol–water partition coefficient (Wildman–Crippen LogP) is 2.82. The quantitative estimate of drug-likeness (QED) is 0.362. The second kappa shape index (κ2) is 9.02. The third kappa shape index (κ3) is 4.42. The van der Waals surface area contributed by atoms with Gasteiger partial charge in [-0.1, -0.05) is 11.8 Å². The number of nitrogens with zero attached hydrogens (tertiary/aromatic N) is 3. The molecule has 10 nitrogen and oxygen atoms in total. The van der Waals surface area contributed by atoms with E-state index in [4.69, 9.17) is 14.9 Å². The summed E-state index contributed by atoms with van der Waals surface area (Å²) in [7, 11) is 2.97. The number of carbonyl (C=O) groups is 3. The molecule has 0 aromatic carbocycles. The number of carbonyl (C=O) groups excluding carboxylic acids is 3. The van der Waals surface area contributed by atoms with Crippen molar-refractivity contribution in [2.24, 2.45) is 12.8 Å². The SMILES string of the molecule is COC(=O)c1c(NC(=O)CSc2nnc(-c3ccc(Br)o3)n2C)sc(C(N)=O)c1C. The average Bonchev–Trinajstić information content (AvgIpc) is 3.37. The van der Waals surface area contributed by atoms with E-state index in [0.29, 0.717) is 27.0 Å². The molecule has 0 aliphatic heterocycles. The summed E-state index contributed by atoms with van der Waals surface area (Å²) in [6, 6.07) is 3.49. The largest absolute Gasteiger partial charge is 0.465 e. The highest BCUT2D eigenvalue weighted by Gasteiger charge is 2.25. The first-order chi connectivity index (χ1) is 14.2. The van der Waals surface area contributed by atoms with E-state index in [0.717, 1.165) is 23.1 Å². The molecule has 0 radical (unpaired) electrons. The number of amides is 2. The van der Waals surface area contributed by atoms with Gasteiger partial charge >= 0.3 is 5.97 Å². The number of hydrogen-bond acceptors (Lipinski definition) is 9. The van der Waals surface area contributed by atoms with Gasteiger partial charge in [0.15, 0.2) is 21.4 Å². The lowest BCUT2D eigenvalue weighted by Crippen LogP contribution is -2.16. The van der Waals surface area contributed by atoms with Crippen molar-refractivity contribution in [1.29, 1.82) is 0 Å². The molecule has 3 heterocycles. The van der Waals surface area contributed by atoms with Gasteiger partial charge in [-0.15, -0.1) is 21.5 Å². The molecule has 0 aliphatic rings. The summed E-state index contributed by atoms with van der Waals surface area (Å²) in [5.74, 6) is -0.708. The van der Waals surface area contributed by atoms with Crippen LogP contribution in [0.2, 0.25) is 0 Å². The van der Waals surface area contributed by atoms with E-state index in [1.807, 2.05) is 0 Å². The summed E-state index contributed by atoms with van der Waals surface area (Å²) in [5, 5.41) is 11.5. The molecule has 158 valence electrons. The summed E-state index contributed by atoms with van der Waals surface area (Å²) in [6.07, 6.45) is 0. The zero-order chi connectivity index (χ0) is 22.0. The van der Waals surface area contributed by atoms with E-state index in [1.54, 1.807) is 30.7 Å². The number of primary amides is 1. The first-order valence-electron chi connectivity index (χ1n) is 8.32. The molecule has 0 atom stereocenters. The molecule has 3 aromatic heterocycles. The zero-order valence-electron chi connectivity index (χ0n) is 16.0. The van der Waals surface area contributed by atoms with E-state index in [9.17, 15) is 14.4 Å². The van der Waals surface area contributed by atoms with Crippen LogP contribution in [0, 0.1) is 6.92 Å². The Morgan fingerprint density at radius 1 is 1.37 bits per heavy atom. The molecule has 0 bridgehead atoms. The van der Waals surface area contributed by atoms with Crippen LogP contribution in [0.4, 0.5) is 5.00 Å². The van der Waals surface area contributed by atoms with E-state index in [1.165, 1.54) is 7.11 Å². The second-order valence-corrected chi connectivity index (χ2v) is 8.67. The van der Waals surface area contributed by atoms with Crippen molar-refractivity contribution in [2.45, 2.75) is 12.1 Å². The molecule has 30 heavy (non-hydrogen) atoms. The Hall–Kier alpha value is -2.64. The van der Waals surface area contributed by atoms with Gasteiger partial charge in [0.1, 0.15) is 5.00 Å². The number of methoxy groups -OCH3 is 1. The van der Waals surface area contributed by atoms with Crippen LogP contribution in [-0.2, 0) is 16.6 Å². The number of halogens is 1. The maximum Gasteiger partial charge on any atom is 0.341 e. The van der Waals surface area contributed by atoms with Crippen molar-refractivity contribution >= 4 is 61.8 Å². The summed E-state index contributed by atoms with van der Waals surface area (Å²) in [4.78, 5) is 36.3. The Morgan fingerprint density at radius 3 is 2.70 bits per heavy atom. The Balaban J connectivity index is 1.73. The van der Waals surface area contributed by atoms with E-state index in [-0.39, 0.29) is 21.2 Å². The fourth-order valence-electron chi connectivity index (χ4n) is 2.57. The normalized spacial score (nSPS) is 10.8. The molecule has 2 amide bonds. The van der Waals surface area contributed by atoms with Crippen molar-refractivity contribution < 1.29 is 23.5 Å². The zero-order valence-corrected chi connectivity index (χ0v) is 19.2. The fraction of sp³-hybridized carbons (Fsp3) is 0.235. The number of nitrogens with one attached hydrogen (secondary N) is 1. The molecule has 3 N–H and O–H groups in total. The molecule has 0 fully saturated rings. The number of aromatic nitrogens is 3. The number of ether oxygens (including phenoxy) is 1. The molecule has 0 aliphatic carbocycles. The minimum Gasteiger partial charge on any atom is -0.465 e. The molecular formula is C17H16BrN5O5S2. The summed E-state index contributed by atoms with van der Waals surface area (Å²) >= 11 is 5.32. The molecule has 0 unspecified atom stereocenters. The number of nitrogens with two attached hydrogens (primary N) is 1. The fourth-order valence-corrected chi connectivity index (χ4v) is 4.65. The number of thiophene rings is 1. The minimum atomic E-state index is -0.686. The molecule has 3 aromatic rings. The van der Waals surface area contributed by atoms with Crippen LogP contribution < -0.4 is 11.1 Å². The number of rotatable bonds is 7. The predicted molar refractivity (Wildman–Crippen MR) is 115 cm³/mol. The molecular weight excluding hydrogens is 498 g/mol. The van der Waals surface area contributed by atoms with E-state index >= 15 is 0 Å². The van der Waals surface area contributed by atoms with Gasteiger partial charge in [-0.05, 0) is 40.5 Å². The second-order valence-electron chi connectivity index (χ2n) is 5.92. The Labute approximate surface area is 187 Å². The van der Waals surface area contributed by atoms with Gasteiger partial charge in [0.05, 0.1) is 23.3 Å². The molecule has 3 rings (SSSR count). The maximum absolute atomic E-state index is 12.5. The van der Waals surface area contributed by atoms with Crippen molar-refractivity contribution in [1.82, 2.24) is 14.8 Å². The number of furan rings is 1. The van der Waals surface area contributed by atoms with E-state index < -0.39 is 17.8 Å². The van der Waals surface area contributed by atoms with Crippen molar-refractivity contribution in [3.8, 4) is 11.6 Å². The van der Waals surface area contributed by atoms with E-state index in [2.05, 4.69) is 31.4 Å². The summed E-state index contributed by atoms with van der Waals surface area (Å²) in [5.41, 5.74) is 5.82. The van der Waals surface area contributed by atoms with Gasteiger partial charge < -0.3 is 24.8 Å². The summed E-state index contributed by atoms with van der Waals surface area (Å²) < 4.78 is 12.5. The van der Waals surface area contributed by atoms with Crippen LogP contribution in [0.25, 0.3) is 11.6 Å². The van der Waals surface area contributed by atoms with Crippen molar-refractivity contribution in [3.05, 3.63) is 32.8 Å². The van der Waals surface area contributed by atoms with Crippen LogP contribution in [0.15, 0.2) is 26.4 Å². The van der Waals surface area contributed by atoms with Crippen LogP contribution in [0.5, 0.6) is 0 Å². The number of thioether (sulfide) groups is 1. The topological polar surface area (TPSA) is 142 Å². The Bertz CT molecular complexity index is 1140. The number of esters is 1. The van der Waals surface area contributed by atoms with Crippen LogP contribution in [0.1, 0.15) is 25.6 Å². The smallest absolute Gasteiger partial charge is 0.341 e. The first-order valence-corrected chi connectivity index (χ1v) is 10.9. The van der Waals surface area contributed by atoms with Gasteiger partial charge in [0, 0.05) is 7.05 Å². The Morgan fingerprint density at radius 2 is 2.10 bits per heavy atom. The van der Waals surface area contributed by atoms with Crippen molar-refractivity contribution in [2.75, 3.05) is 18.2 Å². The number of hydrogen-bond donors (Lipinski definition) is 2. The van der Waals surface area contributed by atoms with Crippen LogP contribution >= 0.6 is 39.0 Å². The van der Waals surface area contributed by atoms with Gasteiger partial charge in [-0.3, -0.25) is 9.59 Å². The standard InChI is InChI=1S/C17H16BrN5O5S2/c1-7-11(16(26)27-3)15(30-12(7)13(19)25)20-10(24)6-29-17-22-21-14(23(17)2)8-4-5-9(18)28-8/h4-5H,6H2,1-3H3,(H2,19,25)(H,20,24). The monoisotopic (exact) mass is 513 g/mol. The highest BCUT2D eigenvalue weighted by atomic mass is 79.9. The lowest BCUT2D eigenvalue weighted by atomic mass is 10.1. The van der Waals surface area contributed by atoms with Crippen LogP contribution in [-0.4, -0.2) is 45.4 Å². The highest BCUT2D eigenvalue weighted by Crippen LogP contribution is 2.34. The Kier molecular flexibility index (Phi) is 6.63. The average molecular weight is 514 g/mol.